The maximum atomic E-state index is 5.73. The lowest BCUT2D eigenvalue weighted by molar-refractivity contribution is 0.242. The molecule has 0 atom stereocenters. The van der Waals surface area contributed by atoms with Crippen molar-refractivity contribution in [3.05, 3.63) is 52.7 Å². The molecule has 0 amide bonds. The normalized spacial score (nSPS) is 11.5. The van der Waals surface area contributed by atoms with Crippen LogP contribution in [-0.4, -0.2) is 27.2 Å². The maximum absolute atomic E-state index is 5.73. The quantitative estimate of drug-likeness (QED) is 0.558. The van der Waals surface area contributed by atoms with Gasteiger partial charge in [0.05, 0.1) is 12.3 Å². The minimum absolute atomic E-state index is 0.0984. The van der Waals surface area contributed by atoms with E-state index in [-0.39, 0.29) is 6.10 Å². The second-order valence-corrected chi connectivity index (χ2v) is 5.94. The van der Waals surface area contributed by atoms with E-state index < -0.39 is 0 Å². The fourth-order valence-electron chi connectivity index (χ4n) is 2.20. The molecule has 0 unspecified atom stereocenters. The van der Waals surface area contributed by atoms with Crippen LogP contribution in [0.2, 0.25) is 0 Å². The first-order valence-electron chi connectivity index (χ1n) is 7.58. The number of hydrogen-bond acceptors (Lipinski definition) is 5. The number of rotatable bonds is 5. The Morgan fingerprint density at radius 3 is 2.88 bits per heavy atom. The lowest BCUT2D eigenvalue weighted by Crippen LogP contribution is -2.05. The first-order valence-corrected chi connectivity index (χ1v) is 7.99. The molecule has 0 saturated heterocycles. The summed E-state index contributed by atoms with van der Waals surface area (Å²) in [6.07, 6.45) is 1.71. The van der Waals surface area contributed by atoms with Crippen molar-refractivity contribution in [1.82, 2.24) is 14.9 Å². The summed E-state index contributed by atoms with van der Waals surface area (Å²) in [6, 6.07) is 11.4. The molecule has 0 aliphatic carbocycles. The summed E-state index contributed by atoms with van der Waals surface area (Å²) in [5, 5.41) is 11.4. The highest BCUT2D eigenvalue weighted by molar-refractivity contribution is 7.71. The number of aromatic amines is 1. The molecule has 7 heteroatoms. The van der Waals surface area contributed by atoms with Crippen LogP contribution in [0.3, 0.4) is 0 Å². The van der Waals surface area contributed by atoms with E-state index in [2.05, 4.69) is 15.3 Å². The lowest BCUT2D eigenvalue weighted by atomic mass is 10.2. The number of H-pyrrole nitrogens is 1. The van der Waals surface area contributed by atoms with E-state index in [0.29, 0.717) is 16.4 Å². The van der Waals surface area contributed by atoms with E-state index in [1.807, 2.05) is 57.2 Å². The van der Waals surface area contributed by atoms with E-state index >= 15 is 0 Å². The van der Waals surface area contributed by atoms with Gasteiger partial charge in [0.2, 0.25) is 4.77 Å². The second kappa shape index (κ2) is 6.84. The van der Waals surface area contributed by atoms with Crippen LogP contribution in [0.25, 0.3) is 11.4 Å². The van der Waals surface area contributed by atoms with Gasteiger partial charge in [0, 0.05) is 5.56 Å². The van der Waals surface area contributed by atoms with Gasteiger partial charge < -0.3 is 9.15 Å². The molecule has 24 heavy (non-hydrogen) atoms. The Kier molecular flexibility index (Phi) is 4.61. The van der Waals surface area contributed by atoms with Crippen molar-refractivity contribution < 1.29 is 9.15 Å². The molecule has 0 spiro atoms. The molecule has 2 aromatic heterocycles. The Bertz CT molecular complexity index is 921. The van der Waals surface area contributed by atoms with Crippen molar-refractivity contribution in [3.63, 3.8) is 0 Å². The van der Waals surface area contributed by atoms with Crippen LogP contribution in [0.4, 0.5) is 0 Å². The van der Waals surface area contributed by atoms with Crippen LogP contribution in [0.5, 0.6) is 5.75 Å². The second-order valence-electron chi connectivity index (χ2n) is 5.55. The number of aromatic nitrogens is 3. The summed E-state index contributed by atoms with van der Waals surface area (Å²) in [7, 11) is 0. The standard InChI is InChI=1S/C17H18N4O2S/c1-11(2)22-14-6-4-5-13(9-14)16-19-20-17(24)21(16)18-10-15-8-7-12(3)23-15/h4-11H,1-3H3,(H,20,24)/b18-10+. The fourth-order valence-corrected chi connectivity index (χ4v) is 2.38. The predicted octanol–water partition coefficient (Wildman–Crippen LogP) is 4.18. The summed E-state index contributed by atoms with van der Waals surface area (Å²) in [5.74, 6) is 2.85. The number of ether oxygens (including phenoxy) is 1. The van der Waals surface area contributed by atoms with Crippen LogP contribution in [0.15, 0.2) is 45.9 Å². The minimum Gasteiger partial charge on any atom is -0.491 e. The van der Waals surface area contributed by atoms with Crippen LogP contribution >= 0.6 is 12.2 Å². The molecule has 3 aromatic rings. The molecule has 1 aromatic carbocycles. The molecule has 0 aliphatic rings. The van der Waals surface area contributed by atoms with E-state index in [4.69, 9.17) is 21.4 Å². The summed E-state index contributed by atoms with van der Waals surface area (Å²) < 4.78 is 13.2. The number of aryl methyl sites for hydroxylation is 1. The van der Waals surface area contributed by atoms with Crippen molar-refractivity contribution in [2.24, 2.45) is 5.10 Å². The van der Waals surface area contributed by atoms with E-state index in [1.54, 1.807) is 10.9 Å². The molecule has 3 rings (SSSR count). The highest BCUT2D eigenvalue weighted by Crippen LogP contribution is 2.23. The van der Waals surface area contributed by atoms with Gasteiger partial charge in [-0.3, -0.25) is 0 Å². The van der Waals surface area contributed by atoms with Gasteiger partial charge in [0.25, 0.3) is 0 Å². The van der Waals surface area contributed by atoms with Crippen molar-refractivity contribution in [3.8, 4) is 17.1 Å². The average molecular weight is 342 g/mol. The van der Waals surface area contributed by atoms with Gasteiger partial charge in [0.1, 0.15) is 17.3 Å². The average Bonchev–Trinajstić information content (AvgIpc) is 3.11. The smallest absolute Gasteiger partial charge is 0.216 e. The molecule has 0 fully saturated rings. The zero-order chi connectivity index (χ0) is 17.1. The zero-order valence-electron chi connectivity index (χ0n) is 13.7. The predicted molar refractivity (Wildman–Crippen MR) is 95.0 cm³/mol. The molecule has 1 N–H and O–H groups in total. The molecule has 0 bridgehead atoms. The molecule has 124 valence electrons. The first kappa shape index (κ1) is 16.2. The zero-order valence-corrected chi connectivity index (χ0v) is 14.5. The SMILES string of the molecule is Cc1ccc(/C=N/n2c(-c3cccc(OC(C)C)c3)n[nH]c2=S)o1. The highest BCUT2D eigenvalue weighted by Gasteiger charge is 2.10. The van der Waals surface area contributed by atoms with Gasteiger partial charge in [-0.2, -0.15) is 14.9 Å². The van der Waals surface area contributed by atoms with Crippen molar-refractivity contribution in [2.45, 2.75) is 26.9 Å². The van der Waals surface area contributed by atoms with Crippen LogP contribution in [0, 0.1) is 11.7 Å². The summed E-state index contributed by atoms with van der Waals surface area (Å²) in [6.45, 7) is 5.85. The van der Waals surface area contributed by atoms with Crippen LogP contribution < -0.4 is 4.74 Å². The summed E-state index contributed by atoms with van der Waals surface area (Å²) in [4.78, 5) is 0. The number of furan rings is 1. The number of nitrogens with one attached hydrogen (secondary N) is 1. The summed E-state index contributed by atoms with van der Waals surface area (Å²) in [5.41, 5.74) is 0.855. The Labute approximate surface area is 144 Å². The number of nitrogens with zero attached hydrogens (tertiary/aromatic N) is 3. The maximum Gasteiger partial charge on any atom is 0.216 e. The summed E-state index contributed by atoms with van der Waals surface area (Å²) >= 11 is 5.27. The van der Waals surface area contributed by atoms with Crippen LogP contribution in [-0.2, 0) is 0 Å². The van der Waals surface area contributed by atoms with Gasteiger partial charge in [0.15, 0.2) is 5.82 Å². The largest absolute Gasteiger partial charge is 0.491 e. The minimum atomic E-state index is 0.0984. The van der Waals surface area contributed by atoms with Crippen molar-refractivity contribution >= 4 is 18.4 Å². The molecular weight excluding hydrogens is 324 g/mol. The third-order valence-corrected chi connectivity index (χ3v) is 3.44. The van der Waals surface area contributed by atoms with Gasteiger partial charge in [-0.25, -0.2) is 5.10 Å². The Balaban J connectivity index is 1.95. The Morgan fingerprint density at radius 1 is 1.33 bits per heavy atom. The molecule has 0 saturated carbocycles. The fraction of sp³-hybridized carbons (Fsp3) is 0.235. The Morgan fingerprint density at radius 2 is 2.17 bits per heavy atom. The molecular formula is C17H18N4O2S. The van der Waals surface area contributed by atoms with E-state index in [9.17, 15) is 0 Å². The van der Waals surface area contributed by atoms with Crippen molar-refractivity contribution in [1.29, 1.82) is 0 Å². The monoisotopic (exact) mass is 342 g/mol. The molecule has 6 nitrogen and oxygen atoms in total. The molecule has 0 aliphatic heterocycles. The number of hydrogen-bond donors (Lipinski definition) is 1. The highest BCUT2D eigenvalue weighted by atomic mass is 32.1. The molecule has 2 heterocycles. The van der Waals surface area contributed by atoms with Crippen LogP contribution in [0.1, 0.15) is 25.4 Å². The van der Waals surface area contributed by atoms with Gasteiger partial charge in [-0.1, -0.05) is 12.1 Å². The lowest BCUT2D eigenvalue weighted by Gasteiger charge is -2.10. The van der Waals surface area contributed by atoms with Crippen molar-refractivity contribution in [2.75, 3.05) is 0 Å². The Hall–Kier alpha value is -2.67. The van der Waals surface area contributed by atoms with Gasteiger partial charge in [-0.05, 0) is 57.3 Å². The third-order valence-electron chi connectivity index (χ3n) is 3.18. The van der Waals surface area contributed by atoms with E-state index in [1.165, 1.54) is 0 Å². The first-order chi connectivity index (χ1) is 11.5. The van der Waals surface area contributed by atoms with Gasteiger partial charge >= 0.3 is 0 Å². The van der Waals surface area contributed by atoms with Gasteiger partial charge in [-0.15, -0.1) is 0 Å². The topological polar surface area (TPSA) is 68.3 Å². The number of benzene rings is 1. The third kappa shape index (κ3) is 3.62. The molecule has 0 radical (unpaired) electrons. The van der Waals surface area contributed by atoms with E-state index in [0.717, 1.165) is 17.1 Å².